The van der Waals surface area contributed by atoms with Gasteiger partial charge in [0, 0.05) is 5.75 Å². The van der Waals surface area contributed by atoms with Gasteiger partial charge in [-0.15, -0.1) is 16.8 Å². The van der Waals surface area contributed by atoms with Gasteiger partial charge in [-0.1, -0.05) is 62.1 Å². The molecule has 1 N–H and O–H groups in total. The van der Waals surface area contributed by atoms with Gasteiger partial charge in [0.2, 0.25) is 5.13 Å². The summed E-state index contributed by atoms with van der Waals surface area (Å²) in [4.78, 5) is 12.2. The molecule has 0 aliphatic carbocycles. The maximum atomic E-state index is 12.2. The van der Waals surface area contributed by atoms with Crippen molar-refractivity contribution in [2.75, 3.05) is 11.1 Å². The van der Waals surface area contributed by atoms with Crippen LogP contribution in [0.4, 0.5) is 5.13 Å². The topological polar surface area (TPSA) is 64.1 Å². The van der Waals surface area contributed by atoms with Crippen molar-refractivity contribution in [2.45, 2.75) is 43.6 Å². The highest BCUT2D eigenvalue weighted by atomic mass is 32.2. The van der Waals surface area contributed by atoms with E-state index in [1.54, 1.807) is 13.0 Å². The van der Waals surface area contributed by atoms with E-state index in [4.69, 9.17) is 4.74 Å². The molecule has 0 saturated carbocycles. The van der Waals surface area contributed by atoms with E-state index in [2.05, 4.69) is 42.9 Å². The third-order valence-corrected chi connectivity index (χ3v) is 5.33. The molecule has 0 aliphatic heterocycles. The molecule has 134 valence electrons. The van der Waals surface area contributed by atoms with Crippen LogP contribution in [-0.4, -0.2) is 28.0 Å². The second-order valence-electron chi connectivity index (χ2n) is 6.50. The molecule has 25 heavy (non-hydrogen) atoms. The van der Waals surface area contributed by atoms with Crippen LogP contribution in [0, 0.1) is 0 Å². The Labute approximate surface area is 156 Å². The molecule has 7 heteroatoms. The first-order valence-electron chi connectivity index (χ1n) is 7.95. The quantitative estimate of drug-likeness (QED) is 0.437. The molecular formula is C18H23N3O2S2. The molecule has 0 radical (unpaired) electrons. The lowest BCUT2D eigenvalue weighted by molar-refractivity contribution is -0.122. The predicted octanol–water partition coefficient (Wildman–Crippen LogP) is 4.52. The lowest BCUT2D eigenvalue weighted by Gasteiger charge is -2.20. The summed E-state index contributed by atoms with van der Waals surface area (Å²) in [6.45, 7) is 11.8. The summed E-state index contributed by atoms with van der Waals surface area (Å²) >= 11 is 2.86. The molecule has 1 amide bonds. The molecule has 0 fully saturated rings. The average Bonchev–Trinajstić information content (AvgIpc) is 3.00. The van der Waals surface area contributed by atoms with Gasteiger partial charge in [0.15, 0.2) is 10.4 Å². The molecule has 0 unspecified atom stereocenters. The zero-order valence-corrected chi connectivity index (χ0v) is 16.5. The zero-order valence-electron chi connectivity index (χ0n) is 14.9. The number of carbonyl (C=O) groups excluding carboxylic acids is 1. The summed E-state index contributed by atoms with van der Waals surface area (Å²) in [5.74, 6) is 1.17. The van der Waals surface area contributed by atoms with Crippen LogP contribution in [-0.2, 0) is 10.2 Å². The number of rotatable bonds is 7. The van der Waals surface area contributed by atoms with Crippen molar-refractivity contribution in [3.05, 3.63) is 42.5 Å². The van der Waals surface area contributed by atoms with Gasteiger partial charge in [-0.2, -0.15) is 0 Å². The molecule has 5 nitrogen and oxygen atoms in total. The smallest absolute Gasteiger partial charge is 0.266 e. The summed E-state index contributed by atoms with van der Waals surface area (Å²) in [5, 5.41) is 11.2. The molecule has 0 aliphatic rings. The van der Waals surface area contributed by atoms with Crippen LogP contribution in [0.1, 0.15) is 33.3 Å². The van der Waals surface area contributed by atoms with E-state index < -0.39 is 6.10 Å². The van der Waals surface area contributed by atoms with Crippen LogP contribution in [0.3, 0.4) is 0 Å². The number of anilines is 1. The Balaban J connectivity index is 1.91. The SMILES string of the molecule is C=CCSc1nnc(NC(=O)[C@@H](C)Oc2ccc(C(C)(C)C)cc2)s1. The van der Waals surface area contributed by atoms with Gasteiger partial charge in [-0.25, -0.2) is 0 Å². The number of aromatic nitrogens is 2. The number of amides is 1. The molecule has 1 atom stereocenters. The zero-order chi connectivity index (χ0) is 18.4. The highest BCUT2D eigenvalue weighted by molar-refractivity contribution is 8.01. The average molecular weight is 378 g/mol. The molecule has 2 aromatic rings. The fraction of sp³-hybridized carbons (Fsp3) is 0.389. The van der Waals surface area contributed by atoms with Crippen molar-refractivity contribution in [3.63, 3.8) is 0 Å². The maximum absolute atomic E-state index is 12.2. The fourth-order valence-electron chi connectivity index (χ4n) is 1.95. The van der Waals surface area contributed by atoms with Crippen LogP contribution in [0.15, 0.2) is 41.3 Å². The molecule has 1 heterocycles. The summed E-state index contributed by atoms with van der Waals surface area (Å²) in [7, 11) is 0. The Morgan fingerprint density at radius 2 is 2.04 bits per heavy atom. The van der Waals surface area contributed by atoms with Gasteiger partial charge < -0.3 is 4.74 Å². The molecule has 2 rings (SSSR count). The maximum Gasteiger partial charge on any atom is 0.266 e. The van der Waals surface area contributed by atoms with Crippen LogP contribution in [0.25, 0.3) is 0 Å². The largest absolute Gasteiger partial charge is 0.481 e. The Morgan fingerprint density at radius 3 is 2.64 bits per heavy atom. The third-order valence-electron chi connectivity index (χ3n) is 3.36. The first-order chi connectivity index (χ1) is 11.8. The van der Waals surface area contributed by atoms with Crippen molar-refractivity contribution >= 4 is 34.1 Å². The van der Waals surface area contributed by atoms with Crippen molar-refractivity contribution < 1.29 is 9.53 Å². The van der Waals surface area contributed by atoms with E-state index in [9.17, 15) is 4.79 Å². The van der Waals surface area contributed by atoms with Crippen LogP contribution >= 0.6 is 23.1 Å². The minimum atomic E-state index is -0.631. The van der Waals surface area contributed by atoms with Gasteiger partial charge in [0.1, 0.15) is 5.75 Å². The molecule has 1 aromatic carbocycles. The number of nitrogens with zero attached hydrogens (tertiary/aromatic N) is 2. The van der Waals surface area contributed by atoms with Gasteiger partial charge in [0.05, 0.1) is 0 Å². The fourth-order valence-corrected chi connectivity index (χ4v) is 3.46. The molecule has 0 bridgehead atoms. The number of hydrogen-bond acceptors (Lipinski definition) is 6. The van der Waals surface area contributed by atoms with Crippen LogP contribution in [0.5, 0.6) is 5.75 Å². The number of hydrogen-bond donors (Lipinski definition) is 1. The van der Waals surface area contributed by atoms with E-state index in [0.29, 0.717) is 10.9 Å². The number of ether oxygens (including phenoxy) is 1. The summed E-state index contributed by atoms with van der Waals surface area (Å²) < 4.78 is 6.51. The lowest BCUT2D eigenvalue weighted by atomic mass is 9.87. The van der Waals surface area contributed by atoms with Crippen molar-refractivity contribution in [1.29, 1.82) is 0 Å². The normalized spacial score (nSPS) is 12.5. The molecule has 1 aromatic heterocycles. The van der Waals surface area contributed by atoms with Gasteiger partial charge in [-0.3, -0.25) is 10.1 Å². The Bertz CT molecular complexity index is 721. The number of benzene rings is 1. The van der Waals surface area contributed by atoms with E-state index in [0.717, 1.165) is 10.1 Å². The standard InChI is InChI=1S/C18H23N3O2S2/c1-6-11-24-17-21-20-16(25-17)19-15(22)12(2)23-14-9-7-13(8-10-14)18(3,4)5/h6-10,12H,1,11H2,2-5H3,(H,19,20,22)/t12-/m1/s1. The first-order valence-corrected chi connectivity index (χ1v) is 9.75. The highest BCUT2D eigenvalue weighted by Gasteiger charge is 2.18. The van der Waals surface area contributed by atoms with Crippen LogP contribution < -0.4 is 10.1 Å². The minimum Gasteiger partial charge on any atom is -0.481 e. The Hall–Kier alpha value is -1.86. The summed E-state index contributed by atoms with van der Waals surface area (Å²) in [5.41, 5.74) is 1.30. The second-order valence-corrected chi connectivity index (χ2v) is 8.74. The minimum absolute atomic E-state index is 0.0840. The highest BCUT2D eigenvalue weighted by Crippen LogP contribution is 2.26. The first kappa shape index (κ1) is 19.5. The molecule has 0 spiro atoms. The van der Waals surface area contributed by atoms with Gasteiger partial charge in [0.25, 0.3) is 5.91 Å². The van der Waals surface area contributed by atoms with Crippen molar-refractivity contribution in [1.82, 2.24) is 10.2 Å². The number of nitrogens with one attached hydrogen (secondary N) is 1. The third kappa shape index (κ3) is 5.86. The van der Waals surface area contributed by atoms with Crippen LogP contribution in [0.2, 0.25) is 0 Å². The molecular weight excluding hydrogens is 354 g/mol. The van der Waals surface area contributed by atoms with Crippen molar-refractivity contribution in [2.24, 2.45) is 0 Å². The Kier molecular flexibility index (Phi) is 6.61. The van der Waals surface area contributed by atoms with Gasteiger partial charge >= 0.3 is 0 Å². The number of carbonyl (C=O) groups is 1. The summed E-state index contributed by atoms with van der Waals surface area (Å²) in [6, 6.07) is 7.82. The predicted molar refractivity (Wildman–Crippen MR) is 105 cm³/mol. The Morgan fingerprint density at radius 1 is 1.36 bits per heavy atom. The van der Waals surface area contributed by atoms with Crippen molar-refractivity contribution in [3.8, 4) is 5.75 Å². The monoisotopic (exact) mass is 377 g/mol. The van der Waals surface area contributed by atoms with E-state index >= 15 is 0 Å². The second kappa shape index (κ2) is 8.49. The number of thioether (sulfide) groups is 1. The summed E-state index contributed by atoms with van der Waals surface area (Å²) in [6.07, 6.45) is 1.17. The van der Waals surface area contributed by atoms with E-state index in [1.165, 1.54) is 28.7 Å². The van der Waals surface area contributed by atoms with Gasteiger partial charge in [-0.05, 0) is 30.0 Å². The lowest BCUT2D eigenvalue weighted by Crippen LogP contribution is -2.30. The van der Waals surface area contributed by atoms with E-state index in [-0.39, 0.29) is 11.3 Å². The molecule has 0 saturated heterocycles. The van der Waals surface area contributed by atoms with E-state index in [1.807, 2.05) is 24.3 Å².